The monoisotopic (exact) mass is 456 g/mol. The van der Waals surface area contributed by atoms with Crippen molar-refractivity contribution < 1.29 is 9.53 Å². The first-order valence-corrected chi connectivity index (χ1v) is 13.6. The third-order valence-electron chi connectivity index (χ3n) is 9.90. The van der Waals surface area contributed by atoms with Gasteiger partial charge in [0, 0.05) is 11.6 Å². The van der Waals surface area contributed by atoms with Gasteiger partial charge in [0.1, 0.15) is 12.4 Å². The van der Waals surface area contributed by atoms with Gasteiger partial charge in [-0.2, -0.15) is 0 Å². The summed E-state index contributed by atoms with van der Waals surface area (Å²) in [5.74, 6) is 5.29. The van der Waals surface area contributed by atoms with Gasteiger partial charge in [0.25, 0.3) is 0 Å². The Morgan fingerprint density at radius 1 is 0.971 bits per heavy atom. The minimum atomic E-state index is -0.273. The first-order valence-electron chi connectivity index (χ1n) is 13.6. The van der Waals surface area contributed by atoms with E-state index in [4.69, 9.17) is 9.72 Å². The van der Waals surface area contributed by atoms with Crippen molar-refractivity contribution in [2.24, 2.45) is 35.0 Å². The number of rotatable bonds is 7. The van der Waals surface area contributed by atoms with Crippen LogP contribution in [0.2, 0.25) is 0 Å². The molecule has 2 aromatic rings. The third-order valence-corrected chi connectivity index (χ3v) is 9.90. The molecule has 0 radical (unpaired) electrons. The first kappa shape index (κ1) is 21.0. The van der Waals surface area contributed by atoms with Crippen LogP contribution in [0, 0.1) is 35.0 Å². The van der Waals surface area contributed by atoms with Gasteiger partial charge in [0.2, 0.25) is 0 Å². The highest BCUT2D eigenvalue weighted by molar-refractivity contribution is 5.88. The lowest BCUT2D eigenvalue weighted by Crippen LogP contribution is -2.46. The summed E-state index contributed by atoms with van der Waals surface area (Å²) in [7, 11) is 0. The number of H-pyrrole nitrogens is 1. The van der Waals surface area contributed by atoms with Gasteiger partial charge in [-0.25, -0.2) is 9.78 Å². The lowest BCUT2D eigenvalue weighted by atomic mass is 9.48. The Morgan fingerprint density at radius 3 is 2.35 bits per heavy atom. The lowest BCUT2D eigenvalue weighted by molar-refractivity contribution is -0.0571. The Morgan fingerprint density at radius 2 is 1.71 bits per heavy atom. The largest absolute Gasteiger partial charge is 0.456 e. The predicted octanol–water partition coefficient (Wildman–Crippen LogP) is 6.60. The Labute approximate surface area is 202 Å². The second-order valence-corrected chi connectivity index (χ2v) is 12.3. The number of nitrogens with one attached hydrogen (secondary N) is 1. The number of ether oxygens (including phenoxy) is 1. The van der Waals surface area contributed by atoms with Gasteiger partial charge in [-0.1, -0.05) is 42.5 Å². The summed E-state index contributed by atoms with van der Waals surface area (Å²) in [4.78, 5) is 21.8. The molecule has 6 aliphatic rings. The number of benzene rings is 1. The topological polar surface area (TPSA) is 55.0 Å². The van der Waals surface area contributed by atoms with E-state index >= 15 is 0 Å². The van der Waals surface area contributed by atoms with Gasteiger partial charge in [0.05, 0.1) is 0 Å². The van der Waals surface area contributed by atoms with Crippen molar-refractivity contribution in [1.29, 1.82) is 0 Å². The van der Waals surface area contributed by atoms with Gasteiger partial charge in [-0.15, -0.1) is 0 Å². The van der Waals surface area contributed by atoms with E-state index in [0.717, 1.165) is 47.7 Å². The molecule has 1 heterocycles. The number of fused-ring (bicyclic) bond motifs is 2. The fraction of sp³-hybridized carbons (Fsp3) is 0.600. The third kappa shape index (κ3) is 3.74. The van der Waals surface area contributed by atoms with Crippen LogP contribution in [0.1, 0.15) is 91.3 Å². The van der Waals surface area contributed by atoms with E-state index < -0.39 is 0 Å². The van der Waals surface area contributed by atoms with Crippen LogP contribution in [0.15, 0.2) is 42.5 Å². The minimum absolute atomic E-state index is 0.273. The summed E-state index contributed by atoms with van der Waals surface area (Å²) in [5, 5.41) is 0. The first-order chi connectivity index (χ1) is 16.6. The molecule has 3 unspecified atom stereocenters. The number of aromatic nitrogens is 2. The summed E-state index contributed by atoms with van der Waals surface area (Å²) < 4.78 is 5.75. The molecule has 0 saturated heterocycles. The molecule has 4 nitrogen and oxygen atoms in total. The Bertz CT molecular complexity index is 1060. The van der Waals surface area contributed by atoms with Crippen molar-refractivity contribution >= 4 is 5.97 Å². The summed E-state index contributed by atoms with van der Waals surface area (Å²) in [5.41, 5.74) is 3.08. The van der Waals surface area contributed by atoms with E-state index in [0.29, 0.717) is 35.5 Å². The van der Waals surface area contributed by atoms with Crippen LogP contribution in [-0.2, 0) is 17.8 Å². The molecule has 5 saturated carbocycles. The minimum Gasteiger partial charge on any atom is -0.456 e. The van der Waals surface area contributed by atoms with E-state index in [2.05, 4.69) is 17.1 Å². The van der Waals surface area contributed by atoms with E-state index in [-0.39, 0.29) is 5.97 Å². The molecule has 1 N–H and O–H groups in total. The number of nitrogens with zero attached hydrogens (tertiary/aromatic N) is 1. The number of hydrogen-bond donors (Lipinski definition) is 1. The van der Waals surface area contributed by atoms with Gasteiger partial charge < -0.3 is 9.72 Å². The molecular weight excluding hydrogens is 420 g/mol. The van der Waals surface area contributed by atoms with Crippen LogP contribution in [0.25, 0.3) is 0 Å². The highest BCUT2D eigenvalue weighted by Crippen LogP contribution is 2.61. The van der Waals surface area contributed by atoms with Crippen LogP contribution in [0.5, 0.6) is 0 Å². The van der Waals surface area contributed by atoms with Crippen molar-refractivity contribution in [1.82, 2.24) is 9.97 Å². The second-order valence-electron chi connectivity index (χ2n) is 12.3. The smallest absolute Gasteiger partial charge is 0.359 e. The van der Waals surface area contributed by atoms with E-state index in [1.807, 2.05) is 30.3 Å². The highest BCUT2D eigenvalue weighted by atomic mass is 16.5. The molecule has 34 heavy (non-hydrogen) atoms. The number of carbonyl (C=O) groups is 1. The Kier molecular flexibility index (Phi) is 5.00. The maximum Gasteiger partial charge on any atom is 0.359 e. The van der Waals surface area contributed by atoms with Crippen LogP contribution < -0.4 is 0 Å². The maximum absolute atomic E-state index is 13.2. The summed E-state index contributed by atoms with van der Waals surface area (Å²) >= 11 is 0. The van der Waals surface area contributed by atoms with Crippen LogP contribution in [-0.4, -0.2) is 15.9 Å². The van der Waals surface area contributed by atoms with Crippen molar-refractivity contribution in [3.05, 3.63) is 65.3 Å². The number of aromatic amines is 1. The SMILES string of the molecule is O=C(OCc1ccccc1)c1nc(C2CC3C=CC2C3)[nH]c1CCC12CC3CC(CC(C3)C1)C2. The molecular formula is C30H36N2O2. The van der Waals surface area contributed by atoms with E-state index in [1.165, 1.54) is 51.4 Å². The van der Waals surface area contributed by atoms with Gasteiger partial charge >= 0.3 is 5.97 Å². The molecule has 3 atom stereocenters. The molecule has 6 aliphatic carbocycles. The van der Waals surface area contributed by atoms with Crippen LogP contribution in [0.4, 0.5) is 0 Å². The average Bonchev–Trinajstić information content (AvgIpc) is 3.57. The summed E-state index contributed by atoms with van der Waals surface area (Å²) in [6, 6.07) is 9.94. The van der Waals surface area contributed by atoms with Crippen LogP contribution >= 0.6 is 0 Å². The van der Waals surface area contributed by atoms with Crippen LogP contribution in [0.3, 0.4) is 0 Å². The number of aryl methyl sites for hydroxylation is 1. The van der Waals surface area contributed by atoms with Gasteiger partial charge in [-0.05, 0) is 105 Å². The number of hydrogen-bond acceptors (Lipinski definition) is 3. The number of carbonyl (C=O) groups excluding carboxylic acids is 1. The number of imidazole rings is 1. The van der Waals surface area contributed by atoms with Gasteiger partial charge in [-0.3, -0.25) is 0 Å². The van der Waals surface area contributed by atoms with Crippen molar-refractivity contribution in [3.63, 3.8) is 0 Å². The van der Waals surface area contributed by atoms with Crippen molar-refractivity contribution in [3.8, 4) is 0 Å². The average molecular weight is 457 g/mol. The predicted molar refractivity (Wildman–Crippen MR) is 131 cm³/mol. The standard InChI is InChI=1S/C30H36N2O2/c33-29(34-18-19-4-2-1-3-5-19)27-26(31-28(32-27)25-14-20-6-7-24(25)13-20)8-9-30-15-21-10-22(16-30)12-23(11-21)17-30/h1-7,20-25H,8-18H2,(H,31,32). The maximum atomic E-state index is 13.2. The normalized spacial score (nSPS) is 36.9. The van der Waals surface area contributed by atoms with Crippen molar-refractivity contribution in [2.45, 2.75) is 76.7 Å². The fourth-order valence-electron chi connectivity index (χ4n) is 8.83. The summed E-state index contributed by atoms with van der Waals surface area (Å²) in [6.45, 7) is 0.299. The van der Waals surface area contributed by atoms with Gasteiger partial charge in [0.15, 0.2) is 5.69 Å². The number of esters is 1. The lowest BCUT2D eigenvalue weighted by Gasteiger charge is -2.57. The zero-order valence-corrected chi connectivity index (χ0v) is 20.0. The quantitative estimate of drug-likeness (QED) is 0.377. The molecule has 4 heteroatoms. The zero-order valence-electron chi connectivity index (χ0n) is 20.0. The second kappa shape index (κ2) is 8.10. The molecule has 6 bridgehead atoms. The summed E-state index contributed by atoms with van der Waals surface area (Å²) in [6.07, 6.45) is 17.9. The molecule has 0 spiro atoms. The number of allylic oxidation sites excluding steroid dienone is 2. The Balaban J connectivity index is 1.12. The zero-order chi connectivity index (χ0) is 22.7. The molecule has 1 aromatic carbocycles. The molecule has 8 rings (SSSR count). The van der Waals surface area contributed by atoms with Crippen molar-refractivity contribution in [2.75, 3.05) is 0 Å². The van der Waals surface area contributed by atoms with E-state index in [1.54, 1.807) is 0 Å². The Hall–Kier alpha value is -2.36. The highest BCUT2D eigenvalue weighted by Gasteiger charge is 2.50. The molecule has 1 aromatic heterocycles. The molecule has 0 aliphatic heterocycles. The molecule has 178 valence electrons. The van der Waals surface area contributed by atoms with E-state index in [9.17, 15) is 4.79 Å². The fourth-order valence-corrected chi connectivity index (χ4v) is 8.83. The molecule has 0 amide bonds. The molecule has 5 fully saturated rings.